The number of anilines is 1. The molecule has 1 aromatic heterocycles. The van der Waals surface area contributed by atoms with Crippen LogP contribution < -0.4 is 10.1 Å². The Morgan fingerprint density at radius 2 is 1.87 bits per heavy atom. The topological polar surface area (TPSA) is 69.0 Å². The Bertz CT molecular complexity index is 1030. The highest BCUT2D eigenvalue weighted by Crippen LogP contribution is 2.25. The molecule has 8 heteroatoms. The molecule has 1 amide bonds. The summed E-state index contributed by atoms with van der Waals surface area (Å²) < 4.78 is 7.98. The van der Waals surface area contributed by atoms with Crippen LogP contribution >= 0.6 is 23.4 Å². The number of hydrogen-bond donors (Lipinski definition) is 1. The fourth-order valence-corrected chi connectivity index (χ4v) is 4.05. The van der Waals surface area contributed by atoms with Crippen molar-refractivity contribution in [2.45, 2.75) is 46.0 Å². The molecule has 158 valence electrons. The molecule has 6 nitrogen and oxygen atoms in total. The molecule has 0 aliphatic heterocycles. The van der Waals surface area contributed by atoms with Crippen LogP contribution in [-0.4, -0.2) is 26.4 Å². The first-order valence-corrected chi connectivity index (χ1v) is 11.0. The molecule has 0 fully saturated rings. The molecule has 3 rings (SSSR count). The summed E-state index contributed by atoms with van der Waals surface area (Å²) in [4.78, 5) is 12.4. The summed E-state index contributed by atoms with van der Waals surface area (Å²) in [5.41, 5.74) is 3.84. The van der Waals surface area contributed by atoms with Crippen LogP contribution in [0.2, 0.25) is 5.02 Å². The summed E-state index contributed by atoms with van der Waals surface area (Å²) in [5, 5.41) is 12.7. The molecule has 0 aliphatic carbocycles. The molecule has 0 atom stereocenters. The van der Waals surface area contributed by atoms with E-state index < -0.39 is 0 Å². The lowest BCUT2D eigenvalue weighted by molar-refractivity contribution is -0.113. The zero-order chi connectivity index (χ0) is 21.7. The number of halogens is 1. The molecule has 30 heavy (non-hydrogen) atoms. The van der Waals surface area contributed by atoms with Gasteiger partial charge in [0.05, 0.1) is 5.75 Å². The number of carbonyl (C=O) groups is 1. The number of benzene rings is 2. The van der Waals surface area contributed by atoms with Gasteiger partial charge >= 0.3 is 0 Å². The van der Waals surface area contributed by atoms with Gasteiger partial charge in [-0.1, -0.05) is 47.6 Å². The molecule has 2 aromatic carbocycles. The van der Waals surface area contributed by atoms with Gasteiger partial charge in [-0.25, -0.2) is 0 Å². The minimum atomic E-state index is -0.121. The largest absolute Gasteiger partial charge is 0.485 e. The summed E-state index contributed by atoms with van der Waals surface area (Å²) in [6.45, 7) is 9.00. The zero-order valence-electron chi connectivity index (χ0n) is 17.5. The first-order chi connectivity index (χ1) is 14.4. The first kappa shape index (κ1) is 22.2. The van der Waals surface area contributed by atoms with Gasteiger partial charge in [0, 0.05) is 17.3 Å². The summed E-state index contributed by atoms with van der Waals surface area (Å²) in [6.07, 6.45) is 0. The Balaban J connectivity index is 1.62. The van der Waals surface area contributed by atoms with Crippen molar-refractivity contribution in [2.24, 2.45) is 0 Å². The minimum Gasteiger partial charge on any atom is -0.485 e. The number of amides is 1. The third kappa shape index (κ3) is 5.34. The predicted molar refractivity (Wildman–Crippen MR) is 121 cm³/mol. The van der Waals surface area contributed by atoms with E-state index in [9.17, 15) is 4.79 Å². The summed E-state index contributed by atoms with van der Waals surface area (Å²) in [7, 11) is 0. The standard InChI is InChI=1S/C22H25ClN4O2S/c1-5-27-19(12-29-21-15(3)7-6-8-16(21)4)25-26-22(27)30-13-20(28)24-18-11-17(23)10-9-14(18)2/h6-11H,5,12-13H2,1-4H3,(H,24,28). The Labute approximate surface area is 186 Å². The van der Waals surface area contributed by atoms with E-state index in [-0.39, 0.29) is 11.7 Å². The number of nitrogens with zero attached hydrogens (tertiary/aromatic N) is 3. The average molecular weight is 445 g/mol. The molecule has 0 aliphatic rings. The fourth-order valence-electron chi connectivity index (χ4n) is 3.06. The molecule has 3 aromatic rings. The number of carbonyl (C=O) groups excluding carboxylic acids is 1. The normalized spacial score (nSPS) is 10.8. The van der Waals surface area contributed by atoms with Crippen LogP contribution in [-0.2, 0) is 17.9 Å². The lowest BCUT2D eigenvalue weighted by Crippen LogP contribution is -2.15. The Hall–Kier alpha value is -2.51. The van der Waals surface area contributed by atoms with Crippen molar-refractivity contribution in [1.29, 1.82) is 0 Å². The molecule has 1 heterocycles. The molecule has 0 spiro atoms. The van der Waals surface area contributed by atoms with E-state index in [0.717, 1.165) is 28.3 Å². The van der Waals surface area contributed by atoms with Crippen LogP contribution in [0.1, 0.15) is 29.4 Å². The quantitative estimate of drug-likeness (QED) is 0.484. The second-order valence-corrected chi connectivity index (χ2v) is 8.33. The Morgan fingerprint density at radius 3 is 2.57 bits per heavy atom. The fraction of sp³-hybridized carbons (Fsp3) is 0.318. The van der Waals surface area contributed by atoms with Gasteiger partial charge in [-0.3, -0.25) is 4.79 Å². The smallest absolute Gasteiger partial charge is 0.234 e. The van der Waals surface area contributed by atoms with Gasteiger partial charge < -0.3 is 14.6 Å². The molecular formula is C22H25ClN4O2S. The van der Waals surface area contributed by atoms with Crippen LogP contribution in [0, 0.1) is 20.8 Å². The second kappa shape index (κ2) is 10.00. The number of rotatable bonds is 8. The molecular weight excluding hydrogens is 420 g/mol. The number of hydrogen-bond acceptors (Lipinski definition) is 5. The van der Waals surface area contributed by atoms with Gasteiger partial charge in [-0.05, 0) is 56.5 Å². The van der Waals surface area contributed by atoms with E-state index >= 15 is 0 Å². The van der Waals surface area contributed by atoms with E-state index in [1.54, 1.807) is 12.1 Å². The third-order valence-corrected chi connectivity index (χ3v) is 5.87. The second-order valence-electron chi connectivity index (χ2n) is 6.95. The first-order valence-electron chi connectivity index (χ1n) is 9.69. The summed E-state index contributed by atoms with van der Waals surface area (Å²) in [5.74, 6) is 1.70. The monoisotopic (exact) mass is 444 g/mol. The highest BCUT2D eigenvalue weighted by molar-refractivity contribution is 7.99. The van der Waals surface area contributed by atoms with Crippen molar-refractivity contribution >= 4 is 35.0 Å². The van der Waals surface area contributed by atoms with Crippen LogP contribution in [0.5, 0.6) is 5.75 Å². The van der Waals surface area contributed by atoms with E-state index in [2.05, 4.69) is 15.5 Å². The number of para-hydroxylation sites is 1. The number of ether oxygens (including phenoxy) is 1. The van der Waals surface area contributed by atoms with E-state index in [1.165, 1.54) is 11.8 Å². The van der Waals surface area contributed by atoms with Crippen LogP contribution in [0.3, 0.4) is 0 Å². The van der Waals surface area contributed by atoms with Crippen molar-refractivity contribution in [2.75, 3.05) is 11.1 Å². The molecule has 0 radical (unpaired) electrons. The lowest BCUT2D eigenvalue weighted by atomic mass is 10.1. The minimum absolute atomic E-state index is 0.121. The van der Waals surface area contributed by atoms with E-state index in [0.29, 0.717) is 29.0 Å². The van der Waals surface area contributed by atoms with Gasteiger partial charge in [0.1, 0.15) is 12.4 Å². The maximum Gasteiger partial charge on any atom is 0.234 e. The molecule has 0 unspecified atom stereocenters. The highest BCUT2D eigenvalue weighted by Gasteiger charge is 2.15. The third-order valence-electron chi connectivity index (χ3n) is 4.67. The van der Waals surface area contributed by atoms with Gasteiger partial charge in [0.25, 0.3) is 0 Å². The Morgan fingerprint density at radius 1 is 1.13 bits per heavy atom. The summed E-state index contributed by atoms with van der Waals surface area (Å²) >= 11 is 7.37. The SMILES string of the molecule is CCn1c(COc2c(C)cccc2C)nnc1SCC(=O)Nc1cc(Cl)ccc1C. The number of thioether (sulfide) groups is 1. The zero-order valence-corrected chi connectivity index (χ0v) is 19.1. The van der Waals surface area contributed by atoms with Crippen LogP contribution in [0.4, 0.5) is 5.69 Å². The lowest BCUT2D eigenvalue weighted by Gasteiger charge is -2.12. The van der Waals surface area contributed by atoms with Gasteiger partial charge in [0.2, 0.25) is 5.91 Å². The summed E-state index contributed by atoms with van der Waals surface area (Å²) in [6, 6.07) is 11.5. The maximum absolute atomic E-state index is 12.4. The Kier molecular flexibility index (Phi) is 7.39. The van der Waals surface area contributed by atoms with Crippen LogP contribution in [0.25, 0.3) is 0 Å². The van der Waals surface area contributed by atoms with Crippen molar-refractivity contribution in [3.05, 3.63) is 63.9 Å². The van der Waals surface area contributed by atoms with Gasteiger partial charge in [-0.2, -0.15) is 0 Å². The van der Waals surface area contributed by atoms with Crippen molar-refractivity contribution in [3.8, 4) is 5.75 Å². The van der Waals surface area contributed by atoms with E-state index in [4.69, 9.17) is 16.3 Å². The molecule has 0 saturated heterocycles. The van der Waals surface area contributed by atoms with Gasteiger partial charge in [-0.15, -0.1) is 10.2 Å². The molecule has 0 bridgehead atoms. The number of aromatic nitrogens is 3. The van der Waals surface area contributed by atoms with Crippen molar-refractivity contribution < 1.29 is 9.53 Å². The van der Waals surface area contributed by atoms with E-state index in [1.807, 2.05) is 56.5 Å². The van der Waals surface area contributed by atoms with Crippen molar-refractivity contribution in [1.82, 2.24) is 14.8 Å². The number of nitrogens with one attached hydrogen (secondary N) is 1. The predicted octanol–water partition coefficient (Wildman–Crippen LogP) is 5.19. The van der Waals surface area contributed by atoms with Crippen molar-refractivity contribution in [3.63, 3.8) is 0 Å². The number of aryl methyl sites for hydroxylation is 3. The molecule has 0 saturated carbocycles. The maximum atomic E-state index is 12.4. The highest BCUT2D eigenvalue weighted by atomic mass is 35.5. The average Bonchev–Trinajstić information content (AvgIpc) is 3.10. The molecule has 1 N–H and O–H groups in total. The van der Waals surface area contributed by atoms with Crippen LogP contribution in [0.15, 0.2) is 41.6 Å². The van der Waals surface area contributed by atoms with Gasteiger partial charge in [0.15, 0.2) is 11.0 Å².